The van der Waals surface area contributed by atoms with Gasteiger partial charge in [-0.05, 0) is 25.2 Å². The molecule has 1 nitrogen and oxygen atoms in total. The topological polar surface area (TPSA) is 12.0 Å². The van der Waals surface area contributed by atoms with Gasteiger partial charge in [0.1, 0.15) is 0 Å². The standard InChI is InChI=1S/C10H22NPS/c1-3-12(13,4-2)11-10-8-6-5-7-9-10/h10H,3-9H2,1-2H3,(H,11,13). The number of hydrogen-bond acceptors (Lipinski definition) is 1. The summed E-state index contributed by atoms with van der Waals surface area (Å²) < 4.78 is 0. The first-order valence-corrected chi connectivity index (χ1v) is 8.73. The first-order chi connectivity index (χ1) is 6.20. The molecule has 1 fully saturated rings. The molecule has 0 unspecified atom stereocenters. The predicted octanol–water partition coefficient (Wildman–Crippen LogP) is 3.34. The molecule has 0 aromatic rings. The van der Waals surface area contributed by atoms with Gasteiger partial charge in [0.2, 0.25) is 0 Å². The highest BCUT2D eigenvalue weighted by atomic mass is 32.4. The Kier molecular flexibility index (Phi) is 4.93. The minimum atomic E-state index is -1.17. The van der Waals surface area contributed by atoms with E-state index in [2.05, 4.69) is 18.9 Å². The van der Waals surface area contributed by atoms with Crippen LogP contribution in [0.5, 0.6) is 0 Å². The van der Waals surface area contributed by atoms with E-state index in [1.54, 1.807) is 0 Å². The molecule has 3 heteroatoms. The summed E-state index contributed by atoms with van der Waals surface area (Å²) in [6, 6.07) is 0.750. The quantitative estimate of drug-likeness (QED) is 0.728. The second kappa shape index (κ2) is 5.48. The summed E-state index contributed by atoms with van der Waals surface area (Å²) >= 11 is 5.69. The van der Waals surface area contributed by atoms with Gasteiger partial charge in [0.25, 0.3) is 0 Å². The van der Waals surface area contributed by atoms with Gasteiger partial charge in [-0.2, -0.15) is 0 Å². The first kappa shape index (κ1) is 11.7. The van der Waals surface area contributed by atoms with E-state index >= 15 is 0 Å². The molecule has 0 heterocycles. The summed E-state index contributed by atoms with van der Waals surface area (Å²) in [7, 11) is 0. The molecule has 0 atom stereocenters. The molecule has 0 radical (unpaired) electrons. The van der Waals surface area contributed by atoms with Crippen molar-refractivity contribution in [3.05, 3.63) is 0 Å². The molecule has 1 aliphatic rings. The minimum absolute atomic E-state index is 0.750. The van der Waals surface area contributed by atoms with Crippen LogP contribution >= 0.6 is 6.19 Å². The van der Waals surface area contributed by atoms with Gasteiger partial charge in [-0.3, -0.25) is 5.09 Å². The lowest BCUT2D eigenvalue weighted by atomic mass is 9.96. The molecule has 1 saturated carbocycles. The highest BCUT2D eigenvalue weighted by molar-refractivity contribution is 8.13. The molecular formula is C10H22NPS. The summed E-state index contributed by atoms with van der Waals surface area (Å²) in [5, 5.41) is 3.76. The molecule has 0 aromatic heterocycles. The van der Waals surface area contributed by atoms with Crippen molar-refractivity contribution in [3.8, 4) is 0 Å². The van der Waals surface area contributed by atoms with Crippen LogP contribution in [0.2, 0.25) is 0 Å². The Labute approximate surface area is 87.7 Å². The summed E-state index contributed by atoms with van der Waals surface area (Å²) in [5.41, 5.74) is 0. The largest absolute Gasteiger partial charge is 0.285 e. The van der Waals surface area contributed by atoms with Crippen LogP contribution in [0.15, 0.2) is 0 Å². The Morgan fingerprint density at radius 1 is 1.15 bits per heavy atom. The number of rotatable bonds is 4. The van der Waals surface area contributed by atoms with Crippen molar-refractivity contribution in [2.24, 2.45) is 0 Å². The molecule has 0 amide bonds. The fourth-order valence-electron chi connectivity index (χ4n) is 1.97. The van der Waals surface area contributed by atoms with Gasteiger partial charge < -0.3 is 0 Å². The SMILES string of the molecule is CCP(=S)(CC)NC1CCCCC1. The summed E-state index contributed by atoms with van der Waals surface area (Å²) in [5.74, 6) is 0. The van der Waals surface area contributed by atoms with Crippen LogP contribution in [-0.2, 0) is 11.8 Å². The molecule has 13 heavy (non-hydrogen) atoms. The highest BCUT2D eigenvalue weighted by Crippen LogP contribution is 2.42. The fourth-order valence-corrected chi connectivity index (χ4v) is 4.15. The maximum atomic E-state index is 5.69. The van der Waals surface area contributed by atoms with E-state index in [0.29, 0.717) is 0 Å². The fraction of sp³-hybridized carbons (Fsp3) is 1.00. The zero-order chi connectivity index (χ0) is 9.73. The van der Waals surface area contributed by atoms with E-state index in [9.17, 15) is 0 Å². The average Bonchev–Trinajstić information content (AvgIpc) is 2.19. The lowest BCUT2D eigenvalue weighted by molar-refractivity contribution is 0.420. The number of hydrogen-bond donors (Lipinski definition) is 1. The molecule has 1 rings (SSSR count). The van der Waals surface area contributed by atoms with E-state index in [4.69, 9.17) is 11.8 Å². The van der Waals surface area contributed by atoms with E-state index in [1.807, 2.05) is 0 Å². The summed E-state index contributed by atoms with van der Waals surface area (Å²) in [6.45, 7) is 4.47. The second-order valence-corrected chi connectivity index (χ2v) is 9.38. The third-order valence-corrected chi connectivity index (χ3v) is 7.79. The summed E-state index contributed by atoms with van der Waals surface area (Å²) in [6.07, 6.45) is 8.14. The van der Waals surface area contributed by atoms with Crippen molar-refractivity contribution in [3.63, 3.8) is 0 Å². The van der Waals surface area contributed by atoms with Gasteiger partial charge >= 0.3 is 0 Å². The smallest absolute Gasteiger partial charge is 0.0122 e. The Morgan fingerprint density at radius 3 is 2.15 bits per heavy atom. The second-order valence-electron chi connectivity index (χ2n) is 3.99. The maximum absolute atomic E-state index is 5.69. The first-order valence-electron chi connectivity index (χ1n) is 5.56. The van der Waals surface area contributed by atoms with Crippen LogP contribution < -0.4 is 5.09 Å². The van der Waals surface area contributed by atoms with Crippen LogP contribution in [-0.4, -0.2) is 18.4 Å². The Bertz CT molecular complexity index is 179. The Hall–Kier alpha value is 0.610. The van der Waals surface area contributed by atoms with E-state index in [0.717, 1.165) is 6.04 Å². The molecule has 0 saturated heterocycles. The predicted molar refractivity (Wildman–Crippen MR) is 65.4 cm³/mol. The van der Waals surface area contributed by atoms with Gasteiger partial charge in [0.15, 0.2) is 0 Å². The monoisotopic (exact) mass is 219 g/mol. The van der Waals surface area contributed by atoms with Crippen LogP contribution in [0.25, 0.3) is 0 Å². The lowest BCUT2D eigenvalue weighted by Gasteiger charge is -2.30. The molecule has 1 N–H and O–H groups in total. The van der Waals surface area contributed by atoms with Gasteiger partial charge in [-0.15, -0.1) is 0 Å². The summed E-state index contributed by atoms with van der Waals surface area (Å²) in [4.78, 5) is 0. The third-order valence-electron chi connectivity index (χ3n) is 3.04. The Morgan fingerprint density at radius 2 is 1.69 bits per heavy atom. The van der Waals surface area contributed by atoms with Crippen molar-refractivity contribution < 1.29 is 0 Å². The van der Waals surface area contributed by atoms with Crippen molar-refractivity contribution in [2.75, 3.05) is 12.3 Å². The van der Waals surface area contributed by atoms with E-state index in [-0.39, 0.29) is 0 Å². The molecule has 1 aliphatic carbocycles. The minimum Gasteiger partial charge on any atom is -0.285 e. The van der Waals surface area contributed by atoms with Crippen LogP contribution in [0.4, 0.5) is 0 Å². The van der Waals surface area contributed by atoms with E-state index < -0.39 is 6.19 Å². The highest BCUT2D eigenvalue weighted by Gasteiger charge is 2.19. The van der Waals surface area contributed by atoms with Crippen molar-refractivity contribution >= 4 is 18.0 Å². The zero-order valence-electron chi connectivity index (χ0n) is 8.88. The van der Waals surface area contributed by atoms with Gasteiger partial charge in [-0.1, -0.05) is 44.9 Å². The van der Waals surface area contributed by atoms with E-state index in [1.165, 1.54) is 44.4 Å². The van der Waals surface area contributed by atoms with Gasteiger partial charge in [0.05, 0.1) is 0 Å². The zero-order valence-corrected chi connectivity index (χ0v) is 10.6. The van der Waals surface area contributed by atoms with Gasteiger partial charge in [-0.25, -0.2) is 0 Å². The van der Waals surface area contributed by atoms with Crippen LogP contribution in [0.1, 0.15) is 46.0 Å². The maximum Gasteiger partial charge on any atom is 0.0122 e. The molecule has 0 bridgehead atoms. The Balaban J connectivity index is 2.40. The van der Waals surface area contributed by atoms with Crippen molar-refractivity contribution in [2.45, 2.75) is 52.0 Å². The molecule has 0 aliphatic heterocycles. The molecule has 0 aromatic carbocycles. The van der Waals surface area contributed by atoms with Crippen LogP contribution in [0.3, 0.4) is 0 Å². The normalized spacial score (nSPS) is 20.5. The van der Waals surface area contributed by atoms with Gasteiger partial charge in [0, 0.05) is 12.2 Å². The lowest BCUT2D eigenvalue weighted by Crippen LogP contribution is -2.29. The molecule has 0 spiro atoms. The van der Waals surface area contributed by atoms with Crippen molar-refractivity contribution in [1.29, 1.82) is 0 Å². The average molecular weight is 219 g/mol. The molecule has 78 valence electrons. The van der Waals surface area contributed by atoms with Crippen LogP contribution in [0, 0.1) is 0 Å². The third kappa shape index (κ3) is 3.69. The van der Waals surface area contributed by atoms with Crippen molar-refractivity contribution in [1.82, 2.24) is 5.09 Å². The number of nitrogens with one attached hydrogen (secondary N) is 1. The molecular weight excluding hydrogens is 197 g/mol.